The van der Waals surface area contributed by atoms with Crippen molar-refractivity contribution in [3.05, 3.63) is 42.0 Å². The predicted octanol–water partition coefficient (Wildman–Crippen LogP) is 1.81. The molecule has 1 aliphatic heterocycles. The van der Waals surface area contributed by atoms with Gasteiger partial charge in [0.1, 0.15) is 18.9 Å². The van der Waals surface area contributed by atoms with Crippen LogP contribution in [-0.2, 0) is 14.8 Å². The molecule has 0 radical (unpaired) electrons. The maximum atomic E-state index is 12.2. The largest absolute Gasteiger partial charge is 0.488 e. The maximum Gasteiger partial charge on any atom is 0.324 e. The van der Waals surface area contributed by atoms with Gasteiger partial charge in [0.05, 0.1) is 5.75 Å². The number of carbonyl (C=O) groups excluding carboxylic acids is 2. The van der Waals surface area contributed by atoms with Crippen molar-refractivity contribution in [1.82, 2.24) is 14.9 Å². The van der Waals surface area contributed by atoms with Crippen LogP contribution in [0.25, 0.3) is 0 Å². The predicted molar refractivity (Wildman–Crippen MR) is 102 cm³/mol. The number of imide groups is 1. The van der Waals surface area contributed by atoms with Gasteiger partial charge in [-0.05, 0) is 31.0 Å². The molecule has 29 heavy (non-hydrogen) atoms. The van der Waals surface area contributed by atoms with Crippen molar-refractivity contribution in [3.8, 4) is 5.75 Å². The molecule has 11 heteroatoms. The highest BCUT2D eigenvalue weighted by molar-refractivity contribution is 7.89. The van der Waals surface area contributed by atoms with Crippen LogP contribution in [0.4, 0.5) is 13.6 Å². The summed E-state index contributed by atoms with van der Waals surface area (Å²) >= 11 is 0. The van der Waals surface area contributed by atoms with Gasteiger partial charge in [0.15, 0.2) is 0 Å². The van der Waals surface area contributed by atoms with Crippen molar-refractivity contribution >= 4 is 22.0 Å². The van der Waals surface area contributed by atoms with E-state index in [9.17, 15) is 26.8 Å². The Kier molecular flexibility index (Phi) is 8.09. The fourth-order valence-corrected chi connectivity index (χ4v) is 3.84. The molecule has 1 atom stereocenters. The zero-order valence-electron chi connectivity index (χ0n) is 15.8. The molecular weight excluding hydrogens is 408 g/mol. The fraction of sp³-hybridized carbons (Fsp3) is 0.444. The first kappa shape index (κ1) is 22.8. The Morgan fingerprint density at radius 3 is 2.72 bits per heavy atom. The number of urea groups is 1. The fourth-order valence-electron chi connectivity index (χ4n) is 2.60. The highest BCUT2D eigenvalue weighted by atomic mass is 32.2. The van der Waals surface area contributed by atoms with Gasteiger partial charge in [-0.1, -0.05) is 24.3 Å². The quantitative estimate of drug-likeness (QED) is 0.411. The molecule has 0 unspecified atom stereocenters. The Balaban J connectivity index is 1.81. The summed E-state index contributed by atoms with van der Waals surface area (Å²) < 4.78 is 56.4. The third-order valence-corrected chi connectivity index (χ3v) is 5.49. The lowest BCUT2D eigenvalue weighted by atomic mass is 10.1. The summed E-state index contributed by atoms with van der Waals surface area (Å²) in [6.45, 7) is 1.11. The Bertz CT molecular complexity index is 861. The normalized spacial score (nSPS) is 15.9. The molecule has 1 aliphatic rings. The van der Waals surface area contributed by atoms with Gasteiger partial charge in [-0.3, -0.25) is 10.1 Å². The minimum Gasteiger partial charge on any atom is -0.488 e. The summed E-state index contributed by atoms with van der Waals surface area (Å²) in [4.78, 5) is 23.7. The number of ether oxygens (including phenoxy) is 1. The highest BCUT2D eigenvalue weighted by Crippen LogP contribution is 2.20. The van der Waals surface area contributed by atoms with Crippen LogP contribution in [0, 0.1) is 0 Å². The number of allylic oxidation sites excluding steroid dienone is 1. The van der Waals surface area contributed by atoms with Crippen LogP contribution in [0.3, 0.4) is 0 Å². The lowest BCUT2D eigenvalue weighted by Crippen LogP contribution is -2.29. The van der Waals surface area contributed by atoms with Crippen LogP contribution >= 0.6 is 0 Å². The minimum absolute atomic E-state index is 0.0133. The minimum atomic E-state index is -3.60. The van der Waals surface area contributed by atoms with Gasteiger partial charge < -0.3 is 9.64 Å². The van der Waals surface area contributed by atoms with Crippen LogP contribution in [0.2, 0.25) is 0 Å². The smallest absolute Gasteiger partial charge is 0.324 e. The van der Waals surface area contributed by atoms with Crippen LogP contribution in [0.5, 0.6) is 5.75 Å². The average Bonchev–Trinajstić information content (AvgIpc) is 2.96. The van der Waals surface area contributed by atoms with E-state index >= 15 is 0 Å². The molecule has 2 N–H and O–H groups in total. The van der Waals surface area contributed by atoms with Gasteiger partial charge in [-0.2, -0.15) is 0 Å². The number of hydrogen-bond acceptors (Lipinski definition) is 5. The molecule has 0 aromatic heterocycles. The van der Waals surface area contributed by atoms with E-state index in [0.717, 1.165) is 0 Å². The van der Waals surface area contributed by atoms with Crippen LogP contribution < -0.4 is 14.8 Å². The number of rotatable bonds is 11. The van der Waals surface area contributed by atoms with Crippen LogP contribution in [0.15, 0.2) is 36.4 Å². The Morgan fingerprint density at radius 2 is 2.07 bits per heavy atom. The van der Waals surface area contributed by atoms with Crippen LogP contribution in [0.1, 0.15) is 24.9 Å². The number of benzene rings is 1. The van der Waals surface area contributed by atoms with E-state index in [1.165, 1.54) is 17.0 Å². The highest BCUT2D eigenvalue weighted by Gasteiger charge is 2.25. The monoisotopic (exact) mass is 431 g/mol. The van der Waals surface area contributed by atoms with E-state index in [0.29, 0.717) is 5.56 Å². The number of halogens is 2. The molecule has 1 fully saturated rings. The number of nitrogens with one attached hydrogen (secondary N) is 2. The van der Waals surface area contributed by atoms with E-state index in [1.54, 1.807) is 31.2 Å². The molecule has 1 saturated heterocycles. The zero-order valence-corrected chi connectivity index (χ0v) is 16.6. The molecule has 0 saturated carbocycles. The summed E-state index contributed by atoms with van der Waals surface area (Å²) in [5.74, 6) is -0.297. The Hall–Kier alpha value is -2.53. The van der Waals surface area contributed by atoms with Gasteiger partial charge >= 0.3 is 6.03 Å². The van der Waals surface area contributed by atoms with Gasteiger partial charge in [0.25, 0.3) is 6.43 Å². The van der Waals surface area contributed by atoms with Crippen molar-refractivity contribution in [2.45, 2.75) is 25.8 Å². The van der Waals surface area contributed by atoms with Crippen molar-refractivity contribution < 1.29 is 31.5 Å². The third kappa shape index (κ3) is 7.78. The zero-order chi connectivity index (χ0) is 21.4. The second kappa shape index (κ2) is 10.3. The summed E-state index contributed by atoms with van der Waals surface area (Å²) in [7, 11) is -3.60. The van der Waals surface area contributed by atoms with Gasteiger partial charge in [-0.15, -0.1) is 0 Å². The van der Waals surface area contributed by atoms with Crippen molar-refractivity contribution in [2.75, 3.05) is 25.4 Å². The maximum absolute atomic E-state index is 12.2. The molecule has 8 nitrogen and oxygen atoms in total. The summed E-state index contributed by atoms with van der Waals surface area (Å²) in [5.41, 5.74) is 0.584. The molecule has 0 bridgehead atoms. The molecule has 0 spiro atoms. The standard InChI is InChI=1S/C18H23F2N3O5S/c1-13(14-6-5-7-15(10-14)28-12-16(19)20)22-29(26,27)9-4-2-3-8-23-11-17(24)21-18(23)25/h2-3,5-7,10,13,16,22H,4,8-9,11-12H2,1H3,(H,21,24,25)/b3-2+/t13-/m1/s1. The summed E-state index contributed by atoms with van der Waals surface area (Å²) in [5, 5.41) is 2.15. The number of hydrogen-bond donors (Lipinski definition) is 2. The average molecular weight is 431 g/mol. The van der Waals surface area contributed by atoms with E-state index in [2.05, 4.69) is 10.0 Å². The molecule has 1 heterocycles. The molecule has 160 valence electrons. The first-order valence-electron chi connectivity index (χ1n) is 8.91. The Labute approximate surface area is 168 Å². The van der Waals surface area contributed by atoms with E-state index in [4.69, 9.17) is 4.74 Å². The first-order valence-corrected chi connectivity index (χ1v) is 10.6. The summed E-state index contributed by atoms with van der Waals surface area (Å²) in [6.07, 6.45) is 0.880. The van der Waals surface area contributed by atoms with Gasteiger partial charge in [0.2, 0.25) is 15.9 Å². The Morgan fingerprint density at radius 1 is 1.31 bits per heavy atom. The van der Waals surface area contributed by atoms with Gasteiger partial charge in [0, 0.05) is 12.6 Å². The second-order valence-electron chi connectivity index (χ2n) is 6.43. The van der Waals surface area contributed by atoms with Gasteiger partial charge in [-0.25, -0.2) is 26.7 Å². The summed E-state index contributed by atoms with van der Waals surface area (Å²) in [6, 6.07) is 5.26. The molecular formula is C18H23F2N3O5S. The number of amides is 3. The van der Waals surface area contributed by atoms with E-state index in [1.807, 2.05) is 0 Å². The molecule has 2 rings (SSSR count). The number of carbonyl (C=O) groups is 2. The SMILES string of the molecule is C[C@@H](NS(=O)(=O)CC/C=C/CN1CC(=O)NC1=O)c1cccc(OCC(F)F)c1. The lowest BCUT2D eigenvalue weighted by molar-refractivity contribution is -0.118. The third-order valence-electron chi connectivity index (χ3n) is 4.00. The molecule has 3 amide bonds. The number of alkyl halides is 2. The van der Waals surface area contributed by atoms with Crippen molar-refractivity contribution in [1.29, 1.82) is 0 Å². The van der Waals surface area contributed by atoms with Crippen molar-refractivity contribution in [3.63, 3.8) is 0 Å². The molecule has 1 aromatic rings. The lowest BCUT2D eigenvalue weighted by Gasteiger charge is -2.15. The molecule has 1 aromatic carbocycles. The second-order valence-corrected chi connectivity index (χ2v) is 8.30. The van der Waals surface area contributed by atoms with E-state index in [-0.39, 0.29) is 36.9 Å². The first-order chi connectivity index (χ1) is 13.7. The topological polar surface area (TPSA) is 105 Å². The molecule has 0 aliphatic carbocycles. The number of nitrogens with zero attached hydrogens (tertiary/aromatic N) is 1. The van der Waals surface area contributed by atoms with E-state index < -0.39 is 35.1 Å². The van der Waals surface area contributed by atoms with Crippen LogP contribution in [-0.4, -0.2) is 57.1 Å². The van der Waals surface area contributed by atoms with Crippen molar-refractivity contribution in [2.24, 2.45) is 0 Å². The number of sulfonamides is 1.